The van der Waals surface area contributed by atoms with Gasteiger partial charge in [-0.15, -0.1) is 0 Å². The Balaban J connectivity index is 3.15. The van der Waals surface area contributed by atoms with Gasteiger partial charge in [0, 0.05) is 12.8 Å². The van der Waals surface area contributed by atoms with Crippen LogP contribution in [0.3, 0.4) is 0 Å². The fraction of sp³-hybridized carbons (Fsp3) is 0.714. The maximum absolute atomic E-state index is 3.09. The molecule has 0 spiro atoms. The normalized spacial score (nSPS) is 8.43. The first-order valence-electron chi connectivity index (χ1n) is 5.87. The molecule has 0 N–H and O–H groups in total. The predicted octanol–water partition coefficient (Wildman–Crippen LogP) is 4.15. The minimum Gasteiger partial charge on any atom is -0.0894 e. The van der Waals surface area contributed by atoms with Crippen LogP contribution in [0.15, 0.2) is 0 Å². The zero-order chi connectivity index (χ0) is 10.5. The molecule has 78 valence electrons. The molecular weight excluding hydrogens is 168 g/mol. The van der Waals surface area contributed by atoms with Crippen LogP contribution in [0.25, 0.3) is 0 Å². The lowest BCUT2D eigenvalue weighted by atomic mass is 10.1. The Morgan fingerprint density at radius 2 is 1.36 bits per heavy atom. The summed E-state index contributed by atoms with van der Waals surface area (Å²) in [5, 5.41) is 0. The molecule has 0 saturated heterocycles. The average molecular weight is 190 g/mol. The monoisotopic (exact) mass is 190 g/mol. The van der Waals surface area contributed by atoms with Crippen molar-refractivity contribution in [2.75, 3.05) is 0 Å². The van der Waals surface area contributed by atoms with E-state index in [0.29, 0.717) is 0 Å². The van der Waals surface area contributed by atoms with E-state index in [1.807, 2.05) is 6.92 Å². The van der Waals surface area contributed by atoms with Crippen molar-refractivity contribution in [1.82, 2.24) is 0 Å². The van der Waals surface area contributed by atoms with Gasteiger partial charge in [0.2, 0.25) is 0 Å². The second kappa shape index (κ2) is 12.1. The third kappa shape index (κ3) is 11.1. The summed E-state index contributed by atoms with van der Waals surface area (Å²) in [6.45, 7) is 4.29. The minimum absolute atomic E-state index is 0.908. The second-order valence-corrected chi connectivity index (χ2v) is 3.47. The van der Waals surface area contributed by atoms with E-state index in [9.17, 15) is 0 Å². The van der Waals surface area contributed by atoms with E-state index in [1.54, 1.807) is 0 Å². The summed E-state index contributed by atoms with van der Waals surface area (Å²) in [6.07, 6.45) is 9.96. The molecule has 0 fully saturated rings. The Hall–Kier alpha value is -0.880. The molecule has 0 aliphatic heterocycles. The van der Waals surface area contributed by atoms with E-state index in [1.165, 1.54) is 38.5 Å². The number of hydrogen-bond acceptors (Lipinski definition) is 0. The highest BCUT2D eigenvalue weighted by Crippen LogP contribution is 2.05. The molecule has 0 saturated carbocycles. The number of rotatable bonds is 6. The summed E-state index contributed by atoms with van der Waals surface area (Å²) >= 11 is 0. The van der Waals surface area contributed by atoms with Crippen molar-refractivity contribution in [2.24, 2.45) is 0 Å². The van der Waals surface area contributed by atoms with Crippen LogP contribution in [0, 0.1) is 23.7 Å². The minimum atomic E-state index is 0.908. The number of hydrogen-bond donors (Lipinski definition) is 0. The first-order valence-corrected chi connectivity index (χ1v) is 5.87. The molecule has 0 nitrogen and oxygen atoms in total. The van der Waals surface area contributed by atoms with E-state index in [-0.39, 0.29) is 0 Å². The van der Waals surface area contributed by atoms with Gasteiger partial charge in [0.15, 0.2) is 0 Å². The zero-order valence-corrected chi connectivity index (χ0v) is 9.66. The Labute approximate surface area is 89.5 Å². The van der Waals surface area contributed by atoms with Crippen LogP contribution >= 0.6 is 0 Å². The highest BCUT2D eigenvalue weighted by molar-refractivity contribution is 5.25. The molecule has 0 rings (SSSR count). The zero-order valence-electron chi connectivity index (χ0n) is 9.66. The van der Waals surface area contributed by atoms with Crippen molar-refractivity contribution in [3.05, 3.63) is 0 Å². The SMILES string of the molecule is CCC#CC#CCCCCCCCC. The molecule has 0 heteroatoms. The van der Waals surface area contributed by atoms with Gasteiger partial charge < -0.3 is 0 Å². The molecule has 14 heavy (non-hydrogen) atoms. The summed E-state index contributed by atoms with van der Waals surface area (Å²) in [5.41, 5.74) is 0. The van der Waals surface area contributed by atoms with Gasteiger partial charge >= 0.3 is 0 Å². The lowest BCUT2D eigenvalue weighted by Crippen LogP contribution is -1.77. The van der Waals surface area contributed by atoms with Crippen molar-refractivity contribution in [1.29, 1.82) is 0 Å². The van der Waals surface area contributed by atoms with Crippen LogP contribution in [0.4, 0.5) is 0 Å². The van der Waals surface area contributed by atoms with Crippen molar-refractivity contribution >= 4 is 0 Å². The molecule has 0 amide bonds. The molecule has 0 heterocycles. The second-order valence-electron chi connectivity index (χ2n) is 3.47. The standard InChI is InChI=1S/C14H22/c1-3-5-7-9-11-13-14-12-10-8-6-4-2/h3-5,7,9,11,13-14H2,1-2H3. The molecule has 0 bridgehead atoms. The first kappa shape index (κ1) is 13.1. The van der Waals surface area contributed by atoms with Gasteiger partial charge in [0.05, 0.1) is 0 Å². The summed E-state index contributed by atoms with van der Waals surface area (Å²) in [7, 11) is 0. The van der Waals surface area contributed by atoms with Crippen LogP contribution in [-0.2, 0) is 0 Å². The van der Waals surface area contributed by atoms with Crippen LogP contribution in [-0.4, -0.2) is 0 Å². The van der Waals surface area contributed by atoms with Gasteiger partial charge in [-0.1, -0.05) is 57.8 Å². The molecular formula is C14H22. The molecule has 0 aromatic heterocycles. The largest absolute Gasteiger partial charge is 0.0894 e. The highest BCUT2D eigenvalue weighted by Gasteiger charge is 1.87. The van der Waals surface area contributed by atoms with E-state index in [2.05, 4.69) is 30.6 Å². The third-order valence-corrected chi connectivity index (χ3v) is 2.07. The Morgan fingerprint density at radius 3 is 2.07 bits per heavy atom. The molecule has 0 aliphatic rings. The maximum atomic E-state index is 3.09. The van der Waals surface area contributed by atoms with Gasteiger partial charge in [-0.3, -0.25) is 0 Å². The summed E-state index contributed by atoms with van der Waals surface area (Å²) in [5.74, 6) is 11.7. The molecule has 0 unspecified atom stereocenters. The fourth-order valence-corrected chi connectivity index (χ4v) is 1.23. The van der Waals surface area contributed by atoms with Gasteiger partial charge in [-0.2, -0.15) is 0 Å². The van der Waals surface area contributed by atoms with E-state index in [4.69, 9.17) is 0 Å². The topological polar surface area (TPSA) is 0 Å². The third-order valence-electron chi connectivity index (χ3n) is 2.07. The molecule has 0 atom stereocenters. The Morgan fingerprint density at radius 1 is 0.714 bits per heavy atom. The highest BCUT2D eigenvalue weighted by atomic mass is 13.9. The summed E-state index contributed by atoms with van der Waals surface area (Å²) in [6, 6.07) is 0. The van der Waals surface area contributed by atoms with Gasteiger partial charge in [-0.25, -0.2) is 0 Å². The predicted molar refractivity (Wildman–Crippen MR) is 63.8 cm³/mol. The van der Waals surface area contributed by atoms with Crippen LogP contribution < -0.4 is 0 Å². The van der Waals surface area contributed by atoms with Crippen molar-refractivity contribution in [3.8, 4) is 23.7 Å². The van der Waals surface area contributed by atoms with Crippen molar-refractivity contribution in [2.45, 2.75) is 65.2 Å². The van der Waals surface area contributed by atoms with Crippen LogP contribution in [0.2, 0.25) is 0 Å². The van der Waals surface area contributed by atoms with Crippen LogP contribution in [0.1, 0.15) is 65.2 Å². The lowest BCUT2D eigenvalue weighted by Gasteiger charge is -1.96. The lowest BCUT2D eigenvalue weighted by molar-refractivity contribution is 0.614. The molecule has 0 aromatic carbocycles. The fourth-order valence-electron chi connectivity index (χ4n) is 1.23. The van der Waals surface area contributed by atoms with E-state index in [0.717, 1.165) is 12.8 Å². The van der Waals surface area contributed by atoms with E-state index >= 15 is 0 Å². The quantitative estimate of drug-likeness (QED) is 0.436. The van der Waals surface area contributed by atoms with Crippen molar-refractivity contribution < 1.29 is 0 Å². The van der Waals surface area contributed by atoms with Crippen LogP contribution in [0.5, 0.6) is 0 Å². The van der Waals surface area contributed by atoms with Gasteiger partial charge in [0.1, 0.15) is 0 Å². The van der Waals surface area contributed by atoms with Gasteiger partial charge in [-0.05, 0) is 18.3 Å². The number of unbranched alkanes of at least 4 members (excludes halogenated alkanes) is 6. The average Bonchev–Trinajstić information content (AvgIpc) is 2.21. The first-order chi connectivity index (χ1) is 6.91. The molecule has 0 aliphatic carbocycles. The smallest absolute Gasteiger partial charge is 0.00989 e. The van der Waals surface area contributed by atoms with Gasteiger partial charge in [0.25, 0.3) is 0 Å². The van der Waals surface area contributed by atoms with E-state index < -0.39 is 0 Å². The van der Waals surface area contributed by atoms with Crippen molar-refractivity contribution in [3.63, 3.8) is 0 Å². The summed E-state index contributed by atoms with van der Waals surface area (Å²) in [4.78, 5) is 0. The molecule has 0 aromatic rings. The molecule has 0 radical (unpaired) electrons. The Bertz CT molecular complexity index is 216. The summed E-state index contributed by atoms with van der Waals surface area (Å²) < 4.78 is 0. The Kier molecular flexibility index (Phi) is 11.4. The maximum Gasteiger partial charge on any atom is 0.00989 e.